The van der Waals surface area contributed by atoms with Gasteiger partial charge in [-0.25, -0.2) is 4.98 Å². The van der Waals surface area contributed by atoms with Gasteiger partial charge >= 0.3 is 0 Å². The van der Waals surface area contributed by atoms with Crippen molar-refractivity contribution < 1.29 is 0 Å². The number of hydrogen-bond acceptors (Lipinski definition) is 2. The lowest BCUT2D eigenvalue weighted by atomic mass is 10.1. The Hall–Kier alpha value is -0.800. The van der Waals surface area contributed by atoms with Gasteiger partial charge in [-0.3, -0.25) is 0 Å². The second-order valence-electron chi connectivity index (χ2n) is 3.36. The lowest BCUT2D eigenvalue weighted by Gasteiger charge is -2.14. The standard InChI is InChI=1S/C11H11BrN2.ClH/c1-14(2)11-9-4-3-5-10(12)8(9)6-7-13-11;/h3-7H,1-2H3;1H. The third kappa shape index (κ3) is 2.24. The van der Waals surface area contributed by atoms with Crippen LogP contribution < -0.4 is 4.90 Å². The number of nitrogens with zero attached hydrogens (tertiary/aromatic N) is 2. The number of benzene rings is 1. The van der Waals surface area contributed by atoms with Gasteiger partial charge in [0.05, 0.1) is 0 Å². The van der Waals surface area contributed by atoms with Crippen molar-refractivity contribution in [2.75, 3.05) is 19.0 Å². The summed E-state index contributed by atoms with van der Waals surface area (Å²) < 4.78 is 1.11. The molecule has 0 saturated carbocycles. The highest BCUT2D eigenvalue weighted by Gasteiger charge is 2.05. The highest BCUT2D eigenvalue weighted by Crippen LogP contribution is 2.28. The van der Waals surface area contributed by atoms with E-state index in [9.17, 15) is 0 Å². The van der Waals surface area contributed by atoms with Crippen molar-refractivity contribution in [1.29, 1.82) is 0 Å². The molecule has 0 N–H and O–H groups in total. The van der Waals surface area contributed by atoms with Crippen LogP contribution in [-0.2, 0) is 0 Å². The molecule has 0 radical (unpaired) electrons. The molecule has 0 spiro atoms. The largest absolute Gasteiger partial charge is 0.362 e. The minimum Gasteiger partial charge on any atom is -0.362 e. The Balaban J connectivity index is 0.00000112. The van der Waals surface area contributed by atoms with Crippen molar-refractivity contribution >= 4 is 44.9 Å². The van der Waals surface area contributed by atoms with Crippen molar-refractivity contribution in [2.45, 2.75) is 0 Å². The van der Waals surface area contributed by atoms with Gasteiger partial charge in [-0.2, -0.15) is 0 Å². The highest BCUT2D eigenvalue weighted by molar-refractivity contribution is 9.10. The molecule has 0 bridgehead atoms. The molecule has 15 heavy (non-hydrogen) atoms. The van der Waals surface area contributed by atoms with Crippen molar-refractivity contribution in [3.8, 4) is 0 Å². The van der Waals surface area contributed by atoms with Crippen LogP contribution in [0.15, 0.2) is 34.9 Å². The number of halogens is 2. The summed E-state index contributed by atoms with van der Waals surface area (Å²) in [4.78, 5) is 6.38. The molecule has 2 rings (SSSR count). The maximum atomic E-state index is 4.35. The molecule has 1 aromatic heterocycles. The van der Waals surface area contributed by atoms with Gasteiger partial charge in [0.1, 0.15) is 5.82 Å². The molecule has 2 nitrogen and oxygen atoms in total. The molecule has 0 aliphatic heterocycles. The molecule has 80 valence electrons. The smallest absolute Gasteiger partial charge is 0.135 e. The molecule has 1 heterocycles. The summed E-state index contributed by atoms with van der Waals surface area (Å²) in [6, 6.07) is 8.18. The minimum atomic E-state index is 0. The van der Waals surface area contributed by atoms with E-state index in [-0.39, 0.29) is 12.4 Å². The minimum absolute atomic E-state index is 0. The van der Waals surface area contributed by atoms with Crippen LogP contribution in [0.2, 0.25) is 0 Å². The SMILES string of the molecule is CN(C)c1nccc2c(Br)cccc12.Cl. The lowest BCUT2D eigenvalue weighted by Crippen LogP contribution is -2.10. The third-order valence-electron chi connectivity index (χ3n) is 2.16. The predicted molar refractivity (Wildman–Crippen MR) is 71.0 cm³/mol. The molecule has 1 aromatic carbocycles. The van der Waals surface area contributed by atoms with Gasteiger partial charge in [-0.05, 0) is 12.1 Å². The van der Waals surface area contributed by atoms with E-state index in [1.165, 1.54) is 10.8 Å². The zero-order chi connectivity index (χ0) is 10.1. The Morgan fingerprint density at radius 3 is 2.53 bits per heavy atom. The van der Waals surface area contributed by atoms with E-state index in [1.807, 2.05) is 43.4 Å². The maximum absolute atomic E-state index is 4.35. The fourth-order valence-corrected chi connectivity index (χ4v) is 2.01. The predicted octanol–water partition coefficient (Wildman–Crippen LogP) is 3.49. The normalized spacial score (nSPS) is 9.80. The Labute approximate surface area is 104 Å². The third-order valence-corrected chi connectivity index (χ3v) is 2.85. The Morgan fingerprint density at radius 1 is 1.13 bits per heavy atom. The zero-order valence-corrected chi connectivity index (χ0v) is 11.0. The first kappa shape index (κ1) is 12.3. The lowest BCUT2D eigenvalue weighted by molar-refractivity contribution is 1.08. The van der Waals surface area contributed by atoms with Crippen molar-refractivity contribution in [3.63, 3.8) is 0 Å². The average molecular weight is 288 g/mol. The summed E-state index contributed by atoms with van der Waals surface area (Å²) >= 11 is 3.53. The van der Waals surface area contributed by atoms with Crippen LogP contribution in [0, 0.1) is 0 Å². The van der Waals surface area contributed by atoms with E-state index in [4.69, 9.17) is 0 Å². The van der Waals surface area contributed by atoms with Crippen molar-refractivity contribution in [3.05, 3.63) is 34.9 Å². The van der Waals surface area contributed by atoms with Crippen LogP contribution in [0.4, 0.5) is 5.82 Å². The molecule has 0 aliphatic carbocycles. The van der Waals surface area contributed by atoms with E-state index >= 15 is 0 Å². The summed E-state index contributed by atoms with van der Waals surface area (Å²) in [5.74, 6) is 1.00. The van der Waals surface area contributed by atoms with Gasteiger partial charge in [0.2, 0.25) is 0 Å². The van der Waals surface area contributed by atoms with E-state index < -0.39 is 0 Å². The summed E-state index contributed by atoms with van der Waals surface area (Å²) in [5.41, 5.74) is 0. The number of fused-ring (bicyclic) bond motifs is 1. The van der Waals surface area contributed by atoms with Crippen molar-refractivity contribution in [1.82, 2.24) is 4.98 Å². The quantitative estimate of drug-likeness (QED) is 0.798. The second kappa shape index (κ2) is 4.81. The number of pyridine rings is 1. The van der Waals surface area contributed by atoms with Gasteiger partial charge in [0, 0.05) is 35.5 Å². The fourth-order valence-electron chi connectivity index (χ4n) is 1.51. The van der Waals surface area contributed by atoms with Gasteiger partial charge in [-0.15, -0.1) is 12.4 Å². The summed E-state index contributed by atoms with van der Waals surface area (Å²) in [6.07, 6.45) is 1.84. The Morgan fingerprint density at radius 2 is 1.87 bits per heavy atom. The summed E-state index contributed by atoms with van der Waals surface area (Å²) in [5, 5.41) is 2.37. The summed E-state index contributed by atoms with van der Waals surface area (Å²) in [7, 11) is 4.01. The molecule has 2 aromatic rings. The fraction of sp³-hybridized carbons (Fsp3) is 0.182. The molecular formula is C11H12BrClN2. The molecule has 0 amide bonds. The van der Waals surface area contributed by atoms with Crippen LogP contribution in [0.1, 0.15) is 0 Å². The molecular weight excluding hydrogens is 275 g/mol. The number of anilines is 1. The molecule has 0 fully saturated rings. The molecule has 0 saturated heterocycles. The zero-order valence-electron chi connectivity index (χ0n) is 8.57. The first-order valence-corrected chi connectivity index (χ1v) is 5.20. The number of aromatic nitrogens is 1. The summed E-state index contributed by atoms with van der Waals surface area (Å²) in [6.45, 7) is 0. The van der Waals surface area contributed by atoms with Crippen LogP contribution >= 0.6 is 28.3 Å². The second-order valence-corrected chi connectivity index (χ2v) is 4.22. The number of rotatable bonds is 1. The van der Waals surface area contributed by atoms with Crippen LogP contribution in [0.3, 0.4) is 0 Å². The first-order chi connectivity index (χ1) is 6.70. The van der Waals surface area contributed by atoms with E-state index in [1.54, 1.807) is 0 Å². The average Bonchev–Trinajstić information content (AvgIpc) is 2.17. The monoisotopic (exact) mass is 286 g/mol. The van der Waals surface area contributed by atoms with Crippen LogP contribution in [0.25, 0.3) is 10.8 Å². The molecule has 0 atom stereocenters. The van der Waals surface area contributed by atoms with E-state index in [0.717, 1.165) is 10.3 Å². The maximum Gasteiger partial charge on any atom is 0.135 e. The Kier molecular flexibility index (Phi) is 3.94. The first-order valence-electron chi connectivity index (χ1n) is 4.40. The Bertz CT molecular complexity index is 471. The number of hydrogen-bond donors (Lipinski definition) is 0. The van der Waals surface area contributed by atoms with Gasteiger partial charge in [0.25, 0.3) is 0 Å². The van der Waals surface area contributed by atoms with Crippen LogP contribution in [0.5, 0.6) is 0 Å². The molecule has 0 aliphatic rings. The molecule has 4 heteroatoms. The highest BCUT2D eigenvalue weighted by atomic mass is 79.9. The van der Waals surface area contributed by atoms with Crippen LogP contribution in [-0.4, -0.2) is 19.1 Å². The van der Waals surface area contributed by atoms with E-state index in [0.29, 0.717) is 0 Å². The topological polar surface area (TPSA) is 16.1 Å². The van der Waals surface area contributed by atoms with Gasteiger partial charge < -0.3 is 4.90 Å². The van der Waals surface area contributed by atoms with Crippen molar-refractivity contribution in [2.24, 2.45) is 0 Å². The van der Waals surface area contributed by atoms with Gasteiger partial charge in [-0.1, -0.05) is 28.1 Å². The van der Waals surface area contributed by atoms with E-state index in [2.05, 4.69) is 27.0 Å². The molecule has 0 unspecified atom stereocenters. The van der Waals surface area contributed by atoms with Gasteiger partial charge in [0.15, 0.2) is 0 Å².